The highest BCUT2D eigenvalue weighted by molar-refractivity contribution is 6.12. The van der Waals surface area contributed by atoms with Crippen LogP contribution in [0.1, 0.15) is 48.6 Å². The summed E-state index contributed by atoms with van der Waals surface area (Å²) in [4.78, 5) is 7.33. The lowest BCUT2D eigenvalue weighted by Gasteiger charge is -2.31. The standard InChI is InChI=1S/C60H44N2/c1-59(2)54-36-43(48-21-12-16-41-23-24-42-17-13-35-61-58(42)57(41)48)27-32-50(54)51-33-30-46(37-55(51)59)62(45-28-25-40(26-29-45)39-14-6-4-7-15-39)47-31-34-52-49-20-10-11-22-53(49)60(3,56(52)38-47)44-18-8-5-9-19-44/h4-38H,1-3H3. The third kappa shape index (κ3) is 5.39. The van der Waals surface area contributed by atoms with Gasteiger partial charge in [0, 0.05) is 44.9 Å². The molecule has 0 aliphatic heterocycles. The summed E-state index contributed by atoms with van der Waals surface area (Å²) in [6.07, 6.45) is 1.91. The van der Waals surface area contributed by atoms with Gasteiger partial charge in [-0.3, -0.25) is 4.98 Å². The van der Waals surface area contributed by atoms with Crippen LogP contribution in [0.5, 0.6) is 0 Å². The molecule has 2 nitrogen and oxygen atoms in total. The zero-order valence-electron chi connectivity index (χ0n) is 35.1. The number of fused-ring (bicyclic) bond motifs is 9. The van der Waals surface area contributed by atoms with Crippen molar-refractivity contribution in [2.75, 3.05) is 4.90 Å². The Kier molecular flexibility index (Phi) is 8.05. The topological polar surface area (TPSA) is 16.1 Å². The van der Waals surface area contributed by atoms with Crippen LogP contribution in [0.2, 0.25) is 0 Å². The Balaban J connectivity index is 1.01. The molecule has 9 aromatic carbocycles. The van der Waals surface area contributed by atoms with E-state index in [9.17, 15) is 0 Å². The Hall–Kier alpha value is -7.55. The molecule has 0 N–H and O–H groups in total. The minimum absolute atomic E-state index is 0.240. The van der Waals surface area contributed by atoms with E-state index in [0.29, 0.717) is 0 Å². The number of hydrogen-bond donors (Lipinski definition) is 0. The lowest BCUT2D eigenvalue weighted by Crippen LogP contribution is -2.23. The van der Waals surface area contributed by atoms with Crippen LogP contribution in [-0.2, 0) is 10.8 Å². The molecule has 2 aliphatic carbocycles. The van der Waals surface area contributed by atoms with E-state index >= 15 is 0 Å². The summed E-state index contributed by atoms with van der Waals surface area (Å²) in [6.45, 7) is 7.18. The van der Waals surface area contributed by atoms with Crippen LogP contribution in [0.3, 0.4) is 0 Å². The summed E-state index contributed by atoms with van der Waals surface area (Å²) in [5.74, 6) is 0. The maximum atomic E-state index is 4.87. The van der Waals surface area contributed by atoms with E-state index in [4.69, 9.17) is 4.98 Å². The summed E-state index contributed by atoms with van der Waals surface area (Å²) in [7, 11) is 0. The van der Waals surface area contributed by atoms with Gasteiger partial charge in [0.15, 0.2) is 0 Å². The second-order valence-electron chi connectivity index (χ2n) is 17.7. The normalized spacial score (nSPS) is 15.5. The molecule has 1 aromatic heterocycles. The van der Waals surface area contributed by atoms with E-state index in [2.05, 4.69) is 226 Å². The summed E-state index contributed by atoms with van der Waals surface area (Å²) >= 11 is 0. The molecule has 1 atom stereocenters. The average molecular weight is 793 g/mol. The van der Waals surface area contributed by atoms with Gasteiger partial charge in [0.1, 0.15) is 0 Å². The molecule has 10 aromatic rings. The molecule has 2 aliphatic rings. The van der Waals surface area contributed by atoms with E-state index in [1.165, 1.54) is 83.1 Å². The second kappa shape index (κ2) is 13.7. The highest BCUT2D eigenvalue weighted by Gasteiger charge is 2.41. The molecule has 0 saturated heterocycles. The number of nitrogens with zero attached hydrogens (tertiary/aromatic N) is 2. The number of benzene rings is 9. The molecule has 0 saturated carbocycles. The molecule has 0 fully saturated rings. The average Bonchev–Trinajstić information content (AvgIpc) is 3.72. The van der Waals surface area contributed by atoms with Crippen molar-refractivity contribution in [3.8, 4) is 44.5 Å². The van der Waals surface area contributed by atoms with Crippen molar-refractivity contribution in [2.45, 2.75) is 31.6 Å². The Morgan fingerprint density at radius 1 is 0.371 bits per heavy atom. The van der Waals surface area contributed by atoms with Gasteiger partial charge in [-0.2, -0.15) is 0 Å². The largest absolute Gasteiger partial charge is 0.310 e. The first-order valence-corrected chi connectivity index (χ1v) is 21.7. The predicted molar refractivity (Wildman–Crippen MR) is 260 cm³/mol. The van der Waals surface area contributed by atoms with Crippen molar-refractivity contribution in [3.63, 3.8) is 0 Å². The maximum Gasteiger partial charge on any atom is 0.0786 e. The number of aromatic nitrogens is 1. The third-order valence-electron chi connectivity index (χ3n) is 14.0. The highest BCUT2D eigenvalue weighted by Crippen LogP contribution is 2.55. The van der Waals surface area contributed by atoms with Gasteiger partial charge in [-0.15, -0.1) is 0 Å². The number of pyridine rings is 1. The zero-order valence-corrected chi connectivity index (χ0v) is 35.1. The Morgan fingerprint density at radius 2 is 0.919 bits per heavy atom. The molecule has 1 unspecified atom stereocenters. The molecular weight excluding hydrogens is 749 g/mol. The molecule has 294 valence electrons. The fraction of sp³-hybridized carbons (Fsp3) is 0.0833. The molecule has 0 bridgehead atoms. The van der Waals surface area contributed by atoms with Crippen molar-refractivity contribution in [1.29, 1.82) is 0 Å². The molecule has 0 radical (unpaired) electrons. The minimum atomic E-state index is -0.308. The molecule has 12 rings (SSSR count). The molecule has 1 heterocycles. The van der Waals surface area contributed by atoms with Crippen LogP contribution in [0, 0.1) is 0 Å². The van der Waals surface area contributed by atoms with E-state index < -0.39 is 0 Å². The van der Waals surface area contributed by atoms with E-state index in [-0.39, 0.29) is 10.8 Å². The van der Waals surface area contributed by atoms with Crippen LogP contribution in [0.15, 0.2) is 212 Å². The molecular formula is C60H44N2. The summed E-state index contributed by atoms with van der Waals surface area (Å²) < 4.78 is 0. The molecule has 62 heavy (non-hydrogen) atoms. The van der Waals surface area contributed by atoms with Gasteiger partial charge < -0.3 is 4.90 Å². The summed E-state index contributed by atoms with van der Waals surface area (Å²) in [6, 6.07) is 76.2. The predicted octanol–water partition coefficient (Wildman–Crippen LogP) is 15.8. The Labute approximate surface area is 363 Å². The smallest absolute Gasteiger partial charge is 0.0786 e. The van der Waals surface area contributed by atoms with Gasteiger partial charge in [0.05, 0.1) is 5.52 Å². The van der Waals surface area contributed by atoms with Crippen LogP contribution in [-0.4, -0.2) is 4.98 Å². The first-order valence-electron chi connectivity index (χ1n) is 21.7. The van der Waals surface area contributed by atoms with E-state index in [1.807, 2.05) is 12.3 Å². The lowest BCUT2D eigenvalue weighted by molar-refractivity contribution is 0.660. The van der Waals surface area contributed by atoms with E-state index in [0.717, 1.165) is 28.0 Å². The number of hydrogen-bond acceptors (Lipinski definition) is 2. The van der Waals surface area contributed by atoms with Crippen LogP contribution < -0.4 is 4.90 Å². The highest BCUT2D eigenvalue weighted by atomic mass is 15.1. The maximum absolute atomic E-state index is 4.87. The van der Waals surface area contributed by atoms with Gasteiger partial charge in [-0.1, -0.05) is 172 Å². The quantitative estimate of drug-likeness (QED) is 0.156. The second-order valence-corrected chi connectivity index (χ2v) is 17.7. The van der Waals surface area contributed by atoms with Crippen molar-refractivity contribution in [2.24, 2.45) is 0 Å². The van der Waals surface area contributed by atoms with Crippen LogP contribution in [0.25, 0.3) is 66.2 Å². The van der Waals surface area contributed by atoms with Gasteiger partial charge in [-0.05, 0) is 133 Å². The fourth-order valence-electron chi connectivity index (χ4n) is 10.8. The lowest BCUT2D eigenvalue weighted by atomic mass is 9.74. The van der Waals surface area contributed by atoms with E-state index in [1.54, 1.807) is 0 Å². The third-order valence-corrected chi connectivity index (χ3v) is 14.0. The number of anilines is 3. The SMILES string of the molecule is CC1(C)c2cc(-c3cccc4ccc5cccnc5c34)ccc2-c2ccc(N(c3ccc(-c4ccccc4)cc3)c3ccc4c(c3)C(C)(c3ccccc3)c3ccccc3-4)cc21. The van der Waals surface area contributed by atoms with Crippen molar-refractivity contribution >= 4 is 38.7 Å². The minimum Gasteiger partial charge on any atom is -0.310 e. The monoisotopic (exact) mass is 792 g/mol. The number of rotatable bonds is 6. The Morgan fingerprint density at radius 3 is 1.69 bits per heavy atom. The van der Waals surface area contributed by atoms with Crippen molar-refractivity contribution < 1.29 is 0 Å². The summed E-state index contributed by atoms with van der Waals surface area (Å²) in [5, 5.41) is 3.57. The van der Waals surface area contributed by atoms with Crippen LogP contribution in [0.4, 0.5) is 17.1 Å². The Bertz CT molecular complexity index is 3380. The fourth-order valence-corrected chi connectivity index (χ4v) is 10.8. The van der Waals surface area contributed by atoms with Gasteiger partial charge in [0.25, 0.3) is 0 Å². The summed E-state index contributed by atoms with van der Waals surface area (Å²) in [5.41, 5.74) is 20.6. The van der Waals surface area contributed by atoms with Crippen LogP contribution >= 0.6 is 0 Å². The van der Waals surface area contributed by atoms with Gasteiger partial charge in [-0.25, -0.2) is 0 Å². The zero-order chi connectivity index (χ0) is 41.6. The van der Waals surface area contributed by atoms with Crippen molar-refractivity contribution in [3.05, 3.63) is 240 Å². The first kappa shape index (κ1) is 36.3. The van der Waals surface area contributed by atoms with Gasteiger partial charge >= 0.3 is 0 Å². The van der Waals surface area contributed by atoms with Gasteiger partial charge in [0.2, 0.25) is 0 Å². The van der Waals surface area contributed by atoms with Crippen molar-refractivity contribution in [1.82, 2.24) is 4.98 Å². The molecule has 0 amide bonds. The first-order chi connectivity index (χ1) is 30.4. The molecule has 2 heteroatoms. The molecule has 0 spiro atoms.